The molecule has 0 aliphatic carbocycles. The van der Waals surface area contributed by atoms with Crippen molar-refractivity contribution in [2.75, 3.05) is 12.8 Å². The van der Waals surface area contributed by atoms with E-state index in [4.69, 9.17) is 0 Å². The van der Waals surface area contributed by atoms with Gasteiger partial charge in [-0.1, -0.05) is 17.7 Å². The number of thioether (sulfide) groups is 1. The van der Waals surface area contributed by atoms with Crippen molar-refractivity contribution in [1.29, 1.82) is 0 Å². The summed E-state index contributed by atoms with van der Waals surface area (Å²) in [6, 6.07) is 8.88. The van der Waals surface area contributed by atoms with Crippen LogP contribution in [0.1, 0.15) is 17.2 Å². The van der Waals surface area contributed by atoms with E-state index in [-0.39, 0.29) is 6.04 Å². The molecule has 0 radical (unpaired) electrons. The number of benzene rings is 1. The maximum absolute atomic E-state index is 4.06. The van der Waals surface area contributed by atoms with Crippen molar-refractivity contribution in [3.63, 3.8) is 0 Å². The molecule has 94 valence electrons. The quantitative estimate of drug-likeness (QED) is 0.838. The van der Waals surface area contributed by atoms with Crippen LogP contribution < -0.4 is 5.32 Å². The first-order valence-electron chi connectivity index (χ1n) is 5.91. The van der Waals surface area contributed by atoms with Gasteiger partial charge >= 0.3 is 0 Å². The first-order valence-corrected chi connectivity index (χ1v) is 6.90. The molecule has 18 heavy (non-hydrogen) atoms. The van der Waals surface area contributed by atoms with E-state index in [1.807, 2.05) is 31.2 Å². The van der Waals surface area contributed by atoms with Gasteiger partial charge in [-0.25, -0.2) is 9.97 Å². The summed E-state index contributed by atoms with van der Waals surface area (Å²) in [6.07, 6.45) is 5.29. The number of aryl methyl sites for hydroxylation is 1. The highest BCUT2D eigenvalue weighted by molar-refractivity contribution is 7.99. The maximum Gasteiger partial charge on any atom is 0.115 e. The summed E-state index contributed by atoms with van der Waals surface area (Å²) in [4.78, 5) is 9.41. The largest absolute Gasteiger partial charge is 0.312 e. The van der Waals surface area contributed by atoms with Gasteiger partial charge in [-0.3, -0.25) is 0 Å². The molecular formula is C14H17N3S. The highest BCUT2D eigenvalue weighted by atomic mass is 32.2. The Morgan fingerprint density at radius 2 is 1.83 bits per heavy atom. The maximum atomic E-state index is 4.06. The number of hydrogen-bond donors (Lipinski definition) is 1. The van der Waals surface area contributed by atoms with E-state index in [0.717, 1.165) is 11.3 Å². The van der Waals surface area contributed by atoms with Gasteiger partial charge in [-0.15, -0.1) is 11.8 Å². The summed E-state index contributed by atoms with van der Waals surface area (Å²) < 4.78 is 0. The van der Waals surface area contributed by atoms with Crippen molar-refractivity contribution in [3.8, 4) is 0 Å². The number of rotatable bonds is 5. The topological polar surface area (TPSA) is 37.8 Å². The van der Waals surface area contributed by atoms with Gasteiger partial charge in [0.25, 0.3) is 0 Å². The van der Waals surface area contributed by atoms with Crippen LogP contribution in [0.4, 0.5) is 0 Å². The summed E-state index contributed by atoms with van der Waals surface area (Å²) in [6.45, 7) is 2.10. The van der Waals surface area contributed by atoms with E-state index in [2.05, 4.69) is 46.5 Å². The van der Waals surface area contributed by atoms with Crippen molar-refractivity contribution >= 4 is 11.8 Å². The molecule has 1 unspecified atom stereocenters. The van der Waals surface area contributed by atoms with Crippen LogP contribution in [-0.2, 0) is 0 Å². The van der Waals surface area contributed by atoms with Crippen molar-refractivity contribution in [3.05, 3.63) is 54.1 Å². The van der Waals surface area contributed by atoms with Gasteiger partial charge in [0.05, 0.1) is 0 Å². The highest BCUT2D eigenvalue weighted by Gasteiger charge is 2.09. The Morgan fingerprint density at radius 3 is 2.44 bits per heavy atom. The zero-order valence-electron chi connectivity index (χ0n) is 10.6. The van der Waals surface area contributed by atoms with Crippen LogP contribution in [0.5, 0.6) is 0 Å². The molecule has 0 aliphatic heterocycles. The first-order chi connectivity index (χ1) is 8.79. The zero-order chi connectivity index (χ0) is 12.8. The van der Waals surface area contributed by atoms with Gasteiger partial charge in [0.15, 0.2) is 0 Å². The molecular weight excluding hydrogens is 242 g/mol. The van der Waals surface area contributed by atoms with Crippen LogP contribution in [0.15, 0.2) is 47.9 Å². The van der Waals surface area contributed by atoms with Crippen molar-refractivity contribution in [2.45, 2.75) is 17.9 Å². The average molecular weight is 259 g/mol. The van der Waals surface area contributed by atoms with E-state index in [1.54, 1.807) is 6.33 Å². The Balaban J connectivity index is 1.97. The molecule has 2 aromatic rings. The summed E-state index contributed by atoms with van der Waals surface area (Å²) in [7, 11) is 1.97. The van der Waals surface area contributed by atoms with Gasteiger partial charge in [-0.05, 0) is 26.1 Å². The lowest BCUT2D eigenvalue weighted by Crippen LogP contribution is -2.19. The summed E-state index contributed by atoms with van der Waals surface area (Å²) in [5, 5.41) is 3.30. The van der Waals surface area contributed by atoms with Gasteiger partial charge in [0.1, 0.15) is 6.33 Å². The van der Waals surface area contributed by atoms with Crippen LogP contribution in [0, 0.1) is 6.92 Å². The monoisotopic (exact) mass is 259 g/mol. The number of nitrogens with one attached hydrogen (secondary N) is 1. The summed E-state index contributed by atoms with van der Waals surface area (Å²) in [5.74, 6) is 0.965. The molecule has 0 aliphatic rings. The predicted octanol–water partition coefficient (Wildman–Crippen LogP) is 2.84. The minimum absolute atomic E-state index is 0.275. The average Bonchev–Trinajstić information content (AvgIpc) is 2.43. The van der Waals surface area contributed by atoms with Gasteiger partial charge in [0.2, 0.25) is 0 Å². The Morgan fingerprint density at radius 1 is 1.17 bits per heavy atom. The Kier molecular flexibility index (Phi) is 4.73. The molecule has 1 aromatic carbocycles. The van der Waals surface area contributed by atoms with Crippen LogP contribution in [0.25, 0.3) is 0 Å². The molecule has 1 atom stereocenters. The van der Waals surface area contributed by atoms with E-state index in [0.29, 0.717) is 0 Å². The molecule has 0 amide bonds. The van der Waals surface area contributed by atoms with E-state index < -0.39 is 0 Å². The molecule has 0 saturated carbocycles. The van der Waals surface area contributed by atoms with Crippen molar-refractivity contribution < 1.29 is 0 Å². The van der Waals surface area contributed by atoms with E-state index >= 15 is 0 Å². The van der Waals surface area contributed by atoms with E-state index in [1.165, 1.54) is 10.5 Å². The van der Waals surface area contributed by atoms with Crippen molar-refractivity contribution in [1.82, 2.24) is 15.3 Å². The normalized spacial score (nSPS) is 12.3. The molecule has 4 heteroatoms. The molecule has 2 rings (SSSR count). The molecule has 1 N–H and O–H groups in total. The third kappa shape index (κ3) is 3.55. The molecule has 0 fully saturated rings. The van der Waals surface area contributed by atoms with Crippen LogP contribution >= 0.6 is 11.8 Å². The van der Waals surface area contributed by atoms with Crippen LogP contribution in [0.2, 0.25) is 0 Å². The smallest absolute Gasteiger partial charge is 0.115 e. The van der Waals surface area contributed by atoms with Crippen LogP contribution in [0.3, 0.4) is 0 Å². The lowest BCUT2D eigenvalue weighted by atomic mass is 10.2. The first kappa shape index (κ1) is 13.1. The fourth-order valence-electron chi connectivity index (χ4n) is 1.65. The summed E-state index contributed by atoms with van der Waals surface area (Å²) in [5.41, 5.74) is 2.42. The summed E-state index contributed by atoms with van der Waals surface area (Å²) >= 11 is 1.84. The second-order valence-electron chi connectivity index (χ2n) is 4.14. The standard InChI is InChI=1S/C14H17N3S/c1-11-3-5-13(6-4-11)18-9-14(15-2)12-7-16-10-17-8-12/h3-8,10,14-15H,9H2,1-2H3. The number of aromatic nitrogens is 2. The molecule has 0 bridgehead atoms. The van der Waals surface area contributed by atoms with Gasteiger partial charge in [-0.2, -0.15) is 0 Å². The highest BCUT2D eigenvalue weighted by Crippen LogP contribution is 2.24. The lowest BCUT2D eigenvalue weighted by molar-refractivity contribution is 0.655. The van der Waals surface area contributed by atoms with E-state index in [9.17, 15) is 0 Å². The fraction of sp³-hybridized carbons (Fsp3) is 0.286. The number of nitrogens with zero attached hydrogens (tertiary/aromatic N) is 2. The Hall–Kier alpha value is -1.39. The molecule has 1 aromatic heterocycles. The zero-order valence-corrected chi connectivity index (χ0v) is 11.4. The molecule has 1 heterocycles. The second-order valence-corrected chi connectivity index (χ2v) is 5.23. The predicted molar refractivity (Wildman–Crippen MR) is 75.7 cm³/mol. The number of hydrogen-bond acceptors (Lipinski definition) is 4. The van der Waals surface area contributed by atoms with Gasteiger partial charge in [0, 0.05) is 34.6 Å². The molecule has 0 spiro atoms. The van der Waals surface area contributed by atoms with Crippen molar-refractivity contribution in [2.24, 2.45) is 0 Å². The minimum atomic E-state index is 0.275. The van der Waals surface area contributed by atoms with Crippen LogP contribution in [-0.4, -0.2) is 22.8 Å². The third-order valence-corrected chi connectivity index (χ3v) is 3.87. The van der Waals surface area contributed by atoms with Gasteiger partial charge < -0.3 is 5.32 Å². The molecule has 0 saturated heterocycles. The Labute approximate surface area is 112 Å². The molecule has 3 nitrogen and oxygen atoms in total. The lowest BCUT2D eigenvalue weighted by Gasteiger charge is -2.15. The second kappa shape index (κ2) is 6.52. The Bertz CT molecular complexity index is 470. The SMILES string of the molecule is CNC(CSc1ccc(C)cc1)c1cncnc1. The fourth-order valence-corrected chi connectivity index (χ4v) is 2.70. The minimum Gasteiger partial charge on any atom is -0.312 e. The third-order valence-electron chi connectivity index (χ3n) is 2.77.